The number of imide groups is 1. The molecule has 2 aliphatic rings. The summed E-state index contributed by atoms with van der Waals surface area (Å²) in [6, 6.07) is 15.4. The molecule has 32 heavy (non-hydrogen) atoms. The number of thioether (sulfide) groups is 1. The molecule has 0 spiro atoms. The number of hydrogen-bond donors (Lipinski definition) is 0. The molecule has 2 aromatic rings. The van der Waals surface area contributed by atoms with E-state index in [-0.39, 0.29) is 17.4 Å². The van der Waals surface area contributed by atoms with Crippen molar-refractivity contribution in [1.29, 1.82) is 0 Å². The zero-order valence-corrected chi connectivity index (χ0v) is 18.6. The molecular weight excluding hydrogens is 428 g/mol. The van der Waals surface area contributed by atoms with Crippen LogP contribution >= 0.6 is 11.8 Å². The second-order valence-corrected chi connectivity index (χ2v) is 8.57. The maximum Gasteiger partial charge on any atom is 0.294 e. The van der Waals surface area contributed by atoms with Crippen LogP contribution in [0.15, 0.2) is 53.4 Å². The van der Waals surface area contributed by atoms with Crippen LogP contribution in [0.1, 0.15) is 16.7 Å². The van der Waals surface area contributed by atoms with Gasteiger partial charge in [-0.15, -0.1) is 0 Å². The number of ether oxygens (including phenoxy) is 2. The van der Waals surface area contributed by atoms with Crippen molar-refractivity contribution in [3.63, 3.8) is 0 Å². The van der Waals surface area contributed by atoms with Gasteiger partial charge in [-0.25, -0.2) is 0 Å². The lowest BCUT2D eigenvalue weighted by Gasteiger charge is -2.28. The molecule has 0 atom stereocenters. The van der Waals surface area contributed by atoms with Crippen LogP contribution in [0.4, 0.5) is 4.79 Å². The fraction of sp³-hybridized carbons (Fsp3) is 0.292. The van der Waals surface area contributed by atoms with Gasteiger partial charge in [-0.05, 0) is 36.4 Å². The molecular formula is C24H24N2O5S. The Morgan fingerprint density at radius 3 is 2.69 bits per heavy atom. The summed E-state index contributed by atoms with van der Waals surface area (Å²) in [4.78, 5) is 40.7. The Labute approximate surface area is 191 Å². The largest absolute Gasteiger partial charge is 0.488 e. The van der Waals surface area contributed by atoms with E-state index in [1.165, 1.54) is 0 Å². The number of nitrogens with zero attached hydrogens (tertiary/aromatic N) is 2. The maximum absolute atomic E-state index is 12.8. The number of para-hydroxylation sites is 1. The number of morpholine rings is 1. The Balaban J connectivity index is 1.46. The molecule has 0 aliphatic carbocycles. The van der Waals surface area contributed by atoms with Crippen molar-refractivity contribution in [2.24, 2.45) is 0 Å². The smallest absolute Gasteiger partial charge is 0.294 e. The molecule has 2 aliphatic heterocycles. The van der Waals surface area contributed by atoms with Crippen LogP contribution in [0.3, 0.4) is 0 Å². The number of carbonyl (C=O) groups is 3. The van der Waals surface area contributed by atoms with Crippen LogP contribution in [0.5, 0.6) is 5.75 Å². The Bertz CT molecular complexity index is 1060. The number of amides is 3. The summed E-state index contributed by atoms with van der Waals surface area (Å²) in [7, 11) is 0. The van der Waals surface area contributed by atoms with Gasteiger partial charge in [-0.1, -0.05) is 48.0 Å². The van der Waals surface area contributed by atoms with Gasteiger partial charge in [0, 0.05) is 18.7 Å². The summed E-state index contributed by atoms with van der Waals surface area (Å²) in [5.41, 5.74) is 2.89. The van der Waals surface area contributed by atoms with E-state index in [0.717, 1.165) is 27.8 Å². The van der Waals surface area contributed by atoms with Gasteiger partial charge in [-0.2, -0.15) is 0 Å². The molecule has 0 N–H and O–H groups in total. The second-order valence-electron chi connectivity index (χ2n) is 7.58. The third kappa shape index (κ3) is 5.20. The standard InChI is InChI=1S/C24H24N2O5S/c1-17-5-4-6-18(13-17)16-31-20-8-3-2-7-19(20)14-21-23(28)26(24(29)32-21)15-22(27)25-9-11-30-12-10-25/h2-8,13-14H,9-12,15-16H2,1H3. The van der Waals surface area contributed by atoms with Crippen molar-refractivity contribution in [2.75, 3.05) is 32.8 Å². The fourth-order valence-electron chi connectivity index (χ4n) is 3.52. The number of hydrogen-bond acceptors (Lipinski definition) is 6. The van der Waals surface area contributed by atoms with Gasteiger partial charge in [0.15, 0.2) is 0 Å². The molecule has 0 bridgehead atoms. The molecule has 3 amide bonds. The van der Waals surface area contributed by atoms with Crippen molar-refractivity contribution in [3.05, 3.63) is 70.1 Å². The van der Waals surface area contributed by atoms with Crippen LogP contribution in [0.25, 0.3) is 6.08 Å². The third-order valence-corrected chi connectivity index (χ3v) is 6.12. The van der Waals surface area contributed by atoms with Gasteiger partial charge in [0.25, 0.3) is 11.1 Å². The molecule has 7 nitrogen and oxygen atoms in total. The van der Waals surface area contributed by atoms with Crippen molar-refractivity contribution in [3.8, 4) is 5.75 Å². The minimum atomic E-state index is -0.463. The van der Waals surface area contributed by atoms with Crippen LogP contribution in [-0.2, 0) is 20.9 Å². The van der Waals surface area contributed by atoms with E-state index in [2.05, 4.69) is 6.07 Å². The van der Waals surface area contributed by atoms with Gasteiger partial charge >= 0.3 is 0 Å². The van der Waals surface area contributed by atoms with E-state index in [1.54, 1.807) is 11.0 Å². The first-order chi connectivity index (χ1) is 15.5. The number of aryl methyl sites for hydroxylation is 1. The van der Waals surface area contributed by atoms with E-state index in [4.69, 9.17) is 9.47 Å². The fourth-order valence-corrected chi connectivity index (χ4v) is 4.35. The summed E-state index contributed by atoms with van der Waals surface area (Å²) in [5.74, 6) is -0.0981. The Kier molecular flexibility index (Phi) is 6.92. The van der Waals surface area contributed by atoms with Gasteiger partial charge < -0.3 is 14.4 Å². The average Bonchev–Trinajstić information content (AvgIpc) is 3.06. The Morgan fingerprint density at radius 1 is 1.12 bits per heavy atom. The minimum Gasteiger partial charge on any atom is -0.488 e. The highest BCUT2D eigenvalue weighted by molar-refractivity contribution is 8.18. The molecule has 2 aromatic carbocycles. The molecule has 0 unspecified atom stereocenters. The Hall–Kier alpha value is -3.10. The molecule has 4 rings (SSSR count). The lowest BCUT2D eigenvalue weighted by molar-refractivity contribution is -0.139. The van der Waals surface area contributed by atoms with Crippen molar-refractivity contribution in [2.45, 2.75) is 13.5 Å². The van der Waals surface area contributed by atoms with Crippen LogP contribution in [0, 0.1) is 6.92 Å². The first-order valence-electron chi connectivity index (χ1n) is 10.4. The van der Waals surface area contributed by atoms with Crippen molar-refractivity contribution >= 4 is 34.9 Å². The summed E-state index contributed by atoms with van der Waals surface area (Å²) in [6.07, 6.45) is 1.65. The van der Waals surface area contributed by atoms with Gasteiger partial charge in [0.1, 0.15) is 18.9 Å². The van der Waals surface area contributed by atoms with Crippen LogP contribution in [0.2, 0.25) is 0 Å². The first-order valence-corrected chi connectivity index (χ1v) is 11.2. The third-order valence-electron chi connectivity index (χ3n) is 5.21. The molecule has 2 fully saturated rings. The highest BCUT2D eigenvalue weighted by Crippen LogP contribution is 2.34. The maximum atomic E-state index is 12.8. The van der Waals surface area contributed by atoms with Crippen molar-refractivity contribution in [1.82, 2.24) is 9.80 Å². The SMILES string of the molecule is Cc1cccc(COc2ccccc2C=C2SC(=O)N(CC(=O)N3CCOCC3)C2=O)c1. The summed E-state index contributed by atoms with van der Waals surface area (Å²) in [5, 5.41) is -0.444. The molecule has 2 heterocycles. The quantitative estimate of drug-likeness (QED) is 0.625. The molecule has 0 saturated carbocycles. The monoisotopic (exact) mass is 452 g/mol. The normalized spacial score (nSPS) is 17.8. The summed E-state index contributed by atoms with van der Waals surface area (Å²) < 4.78 is 11.2. The van der Waals surface area contributed by atoms with E-state index in [9.17, 15) is 14.4 Å². The number of rotatable bonds is 6. The minimum absolute atomic E-state index is 0.251. The van der Waals surface area contributed by atoms with E-state index >= 15 is 0 Å². The van der Waals surface area contributed by atoms with E-state index in [1.807, 2.05) is 49.4 Å². The molecule has 2 saturated heterocycles. The first kappa shape index (κ1) is 22.1. The lowest BCUT2D eigenvalue weighted by Crippen LogP contribution is -2.46. The number of carbonyl (C=O) groups excluding carboxylic acids is 3. The molecule has 166 valence electrons. The van der Waals surface area contributed by atoms with Crippen LogP contribution < -0.4 is 4.74 Å². The molecule has 0 radical (unpaired) electrons. The molecule has 0 aromatic heterocycles. The average molecular weight is 453 g/mol. The summed E-state index contributed by atoms with van der Waals surface area (Å²) in [6.45, 7) is 4.03. The lowest BCUT2D eigenvalue weighted by atomic mass is 10.1. The van der Waals surface area contributed by atoms with E-state index in [0.29, 0.717) is 44.2 Å². The van der Waals surface area contributed by atoms with Crippen LogP contribution in [-0.4, -0.2) is 59.7 Å². The Morgan fingerprint density at radius 2 is 1.91 bits per heavy atom. The zero-order valence-electron chi connectivity index (χ0n) is 17.8. The van der Waals surface area contributed by atoms with Gasteiger partial charge in [-0.3, -0.25) is 19.3 Å². The zero-order chi connectivity index (χ0) is 22.5. The van der Waals surface area contributed by atoms with Gasteiger partial charge in [0.2, 0.25) is 5.91 Å². The second kappa shape index (κ2) is 10.0. The topological polar surface area (TPSA) is 76.2 Å². The highest BCUT2D eigenvalue weighted by Gasteiger charge is 2.37. The summed E-state index contributed by atoms with van der Waals surface area (Å²) >= 11 is 0.838. The predicted octanol–water partition coefficient (Wildman–Crippen LogP) is 3.47. The van der Waals surface area contributed by atoms with E-state index < -0.39 is 11.1 Å². The highest BCUT2D eigenvalue weighted by atomic mass is 32.2. The van der Waals surface area contributed by atoms with Crippen molar-refractivity contribution < 1.29 is 23.9 Å². The number of benzene rings is 2. The van der Waals surface area contributed by atoms with Gasteiger partial charge in [0.05, 0.1) is 18.1 Å². The predicted molar refractivity (Wildman–Crippen MR) is 122 cm³/mol. The molecule has 8 heteroatoms.